The Balaban J connectivity index is 1.52. The minimum Gasteiger partial charge on any atom is -0.387 e. The van der Waals surface area contributed by atoms with E-state index in [1.54, 1.807) is 6.92 Å². The van der Waals surface area contributed by atoms with Crippen LogP contribution < -0.4 is 5.32 Å². The highest BCUT2D eigenvalue weighted by Crippen LogP contribution is 2.55. The van der Waals surface area contributed by atoms with Crippen LogP contribution in [-0.4, -0.2) is 75.2 Å². The first kappa shape index (κ1) is 25.8. The fourth-order valence-corrected chi connectivity index (χ4v) is 6.25. The van der Waals surface area contributed by atoms with E-state index in [4.69, 9.17) is 19.0 Å². The van der Waals surface area contributed by atoms with Gasteiger partial charge in [0.15, 0.2) is 29.1 Å². The van der Waals surface area contributed by atoms with Crippen LogP contribution in [0, 0.1) is 6.92 Å². The van der Waals surface area contributed by atoms with Crippen molar-refractivity contribution in [2.24, 2.45) is 0 Å². The number of ether oxygens (including phenoxy) is 1. The standard InChI is InChI=1S/C19H25N5O9P2/c1-11-22-17(20-7-12-5-3-2-4-6-12)14-18(23-11)24(9-21-14)19-16(26)15(25)13(33-19)8-32-35(30,31)10-34(27,28)29/h2-6,9,13,15-16,19,25-26H,7-8,10H2,1H3,(H,30,31)(H,20,22,23)(H2,27,28,29)/t13-,15-,16-,19-/m1/s1. The highest BCUT2D eigenvalue weighted by Gasteiger charge is 2.45. The van der Waals surface area contributed by atoms with Crippen molar-refractivity contribution in [3.05, 3.63) is 48.0 Å². The summed E-state index contributed by atoms with van der Waals surface area (Å²) in [5.41, 5.74) is 1.75. The summed E-state index contributed by atoms with van der Waals surface area (Å²) in [6.45, 7) is 1.48. The summed E-state index contributed by atoms with van der Waals surface area (Å²) in [4.78, 5) is 40.6. The number of benzene rings is 1. The predicted octanol–water partition coefficient (Wildman–Crippen LogP) is 0.703. The molecule has 0 bridgehead atoms. The number of aryl methyl sites for hydroxylation is 1. The summed E-state index contributed by atoms with van der Waals surface area (Å²) >= 11 is 0. The maximum Gasteiger partial charge on any atom is 0.340 e. The van der Waals surface area contributed by atoms with E-state index in [0.29, 0.717) is 29.4 Å². The number of aromatic nitrogens is 4. The molecule has 4 rings (SSSR count). The topological polar surface area (TPSA) is 209 Å². The molecular formula is C19H25N5O9P2. The second kappa shape index (κ2) is 10.0. The van der Waals surface area contributed by atoms with Crippen LogP contribution in [0.15, 0.2) is 36.7 Å². The molecule has 1 saturated heterocycles. The molecule has 5 atom stereocenters. The third kappa shape index (κ3) is 6.12. The van der Waals surface area contributed by atoms with Crippen molar-refractivity contribution in [3.8, 4) is 0 Å². The SMILES string of the molecule is Cc1nc(NCc2ccccc2)c2ncn([C@@H]3O[C@H](COP(=O)(O)CP(=O)(O)O)[C@@H](O)[C@H]3O)c2n1. The number of hydrogen-bond acceptors (Lipinski definition) is 10. The fourth-order valence-electron chi connectivity index (χ4n) is 3.68. The zero-order chi connectivity index (χ0) is 25.4. The first-order chi connectivity index (χ1) is 16.4. The van der Waals surface area contributed by atoms with E-state index in [0.717, 1.165) is 5.56 Å². The van der Waals surface area contributed by atoms with Crippen molar-refractivity contribution in [1.82, 2.24) is 19.5 Å². The normalized spacial score (nSPS) is 24.5. The predicted molar refractivity (Wildman–Crippen MR) is 122 cm³/mol. The lowest BCUT2D eigenvalue weighted by Gasteiger charge is -2.18. The van der Waals surface area contributed by atoms with Crippen LogP contribution in [0.4, 0.5) is 5.82 Å². The molecule has 0 spiro atoms. The van der Waals surface area contributed by atoms with Crippen molar-refractivity contribution < 1.29 is 43.3 Å². The van der Waals surface area contributed by atoms with Crippen LogP contribution in [0.5, 0.6) is 0 Å². The zero-order valence-electron chi connectivity index (χ0n) is 18.4. The Labute approximate surface area is 199 Å². The van der Waals surface area contributed by atoms with E-state index in [-0.39, 0.29) is 0 Å². The van der Waals surface area contributed by atoms with E-state index >= 15 is 0 Å². The third-order valence-corrected chi connectivity index (χ3v) is 8.71. The number of aliphatic hydroxyl groups is 2. The van der Waals surface area contributed by atoms with Gasteiger partial charge < -0.3 is 39.5 Å². The van der Waals surface area contributed by atoms with Gasteiger partial charge in [0.05, 0.1) is 12.9 Å². The second-order valence-electron chi connectivity index (χ2n) is 8.07. The Morgan fingerprint density at radius 1 is 1.11 bits per heavy atom. The molecule has 0 amide bonds. The maximum atomic E-state index is 11.9. The molecule has 2 aromatic heterocycles. The Bertz CT molecular complexity index is 1280. The van der Waals surface area contributed by atoms with Crippen LogP contribution in [0.2, 0.25) is 0 Å². The largest absolute Gasteiger partial charge is 0.387 e. The number of aliphatic hydroxyl groups excluding tert-OH is 2. The molecule has 0 radical (unpaired) electrons. The van der Waals surface area contributed by atoms with Gasteiger partial charge >= 0.3 is 15.2 Å². The highest BCUT2D eigenvalue weighted by molar-refractivity contribution is 7.70. The van der Waals surface area contributed by atoms with Gasteiger partial charge in [-0.25, -0.2) is 15.0 Å². The highest BCUT2D eigenvalue weighted by atomic mass is 31.2. The van der Waals surface area contributed by atoms with E-state index in [9.17, 15) is 24.2 Å². The molecule has 190 valence electrons. The van der Waals surface area contributed by atoms with E-state index in [1.807, 2.05) is 30.3 Å². The molecule has 6 N–H and O–H groups in total. The van der Waals surface area contributed by atoms with Gasteiger partial charge in [-0.15, -0.1) is 0 Å². The average molecular weight is 529 g/mol. The minimum atomic E-state index is -4.81. The first-order valence-corrected chi connectivity index (χ1v) is 14.0. The Morgan fingerprint density at radius 3 is 2.51 bits per heavy atom. The molecule has 1 aliphatic heterocycles. The van der Waals surface area contributed by atoms with Crippen molar-refractivity contribution in [1.29, 1.82) is 0 Å². The summed E-state index contributed by atoms with van der Waals surface area (Å²) in [6, 6.07) is 9.65. The number of imidazole rings is 1. The molecule has 1 unspecified atom stereocenters. The smallest absolute Gasteiger partial charge is 0.340 e. The lowest BCUT2D eigenvalue weighted by Crippen LogP contribution is -2.33. The van der Waals surface area contributed by atoms with Gasteiger partial charge in [0.2, 0.25) is 0 Å². The second-order valence-corrected chi connectivity index (χ2v) is 12.1. The maximum absolute atomic E-state index is 11.9. The molecule has 0 saturated carbocycles. The summed E-state index contributed by atoms with van der Waals surface area (Å²) in [5, 5.41) is 24.2. The molecular weight excluding hydrogens is 504 g/mol. The summed E-state index contributed by atoms with van der Waals surface area (Å²) in [5.74, 6) is -0.501. The van der Waals surface area contributed by atoms with Crippen LogP contribution in [0.3, 0.4) is 0 Å². The van der Waals surface area contributed by atoms with Crippen LogP contribution in [0.1, 0.15) is 17.6 Å². The lowest BCUT2D eigenvalue weighted by molar-refractivity contribution is -0.0483. The van der Waals surface area contributed by atoms with Crippen molar-refractivity contribution in [2.75, 3.05) is 17.8 Å². The number of hydrogen-bond donors (Lipinski definition) is 6. The van der Waals surface area contributed by atoms with Gasteiger partial charge in [0.25, 0.3) is 0 Å². The molecule has 3 heterocycles. The summed E-state index contributed by atoms with van der Waals surface area (Å²) < 4.78 is 34.7. The fraction of sp³-hybridized carbons (Fsp3) is 0.421. The van der Waals surface area contributed by atoms with Crippen LogP contribution in [0.25, 0.3) is 11.2 Å². The number of anilines is 1. The van der Waals surface area contributed by atoms with Crippen molar-refractivity contribution >= 4 is 32.2 Å². The van der Waals surface area contributed by atoms with Gasteiger partial charge in [-0.05, 0) is 12.5 Å². The van der Waals surface area contributed by atoms with E-state index in [1.165, 1.54) is 10.9 Å². The molecule has 16 heteroatoms. The van der Waals surface area contributed by atoms with Gasteiger partial charge in [0, 0.05) is 6.54 Å². The number of fused-ring (bicyclic) bond motifs is 1. The van der Waals surface area contributed by atoms with Crippen LogP contribution in [-0.2, 0) is 24.9 Å². The van der Waals surface area contributed by atoms with E-state index in [2.05, 4.69) is 20.3 Å². The van der Waals surface area contributed by atoms with Gasteiger partial charge in [-0.3, -0.25) is 13.7 Å². The first-order valence-electron chi connectivity index (χ1n) is 10.4. The Morgan fingerprint density at radius 2 is 1.83 bits per heavy atom. The van der Waals surface area contributed by atoms with Crippen LogP contribution >= 0.6 is 15.2 Å². The molecule has 3 aromatic rings. The number of rotatable bonds is 9. The number of nitrogens with one attached hydrogen (secondary N) is 1. The van der Waals surface area contributed by atoms with Gasteiger partial charge in [0.1, 0.15) is 24.1 Å². The Kier molecular flexibility index (Phi) is 7.39. The molecule has 35 heavy (non-hydrogen) atoms. The molecule has 1 fully saturated rings. The van der Waals surface area contributed by atoms with Crippen molar-refractivity contribution in [2.45, 2.75) is 38.0 Å². The third-order valence-electron chi connectivity index (χ3n) is 5.25. The summed E-state index contributed by atoms with van der Waals surface area (Å²) in [6.07, 6.45) is -4.06. The molecule has 14 nitrogen and oxygen atoms in total. The Hall–Kier alpha value is -2.25. The monoisotopic (exact) mass is 529 g/mol. The van der Waals surface area contributed by atoms with Gasteiger partial charge in [-0.1, -0.05) is 30.3 Å². The van der Waals surface area contributed by atoms with Gasteiger partial charge in [-0.2, -0.15) is 0 Å². The minimum absolute atomic E-state index is 0.320. The molecule has 1 aromatic carbocycles. The quantitative estimate of drug-likeness (QED) is 0.211. The van der Waals surface area contributed by atoms with E-state index < -0.39 is 52.2 Å². The molecule has 1 aliphatic rings. The summed E-state index contributed by atoms with van der Waals surface area (Å²) in [7, 11) is -9.48. The van der Waals surface area contributed by atoms with Crippen molar-refractivity contribution in [3.63, 3.8) is 0 Å². The zero-order valence-corrected chi connectivity index (χ0v) is 20.2. The molecule has 0 aliphatic carbocycles. The average Bonchev–Trinajstić information content (AvgIpc) is 3.31. The number of nitrogens with zero attached hydrogens (tertiary/aromatic N) is 4. The lowest BCUT2D eigenvalue weighted by atomic mass is 10.1.